The number of amides is 1. The summed E-state index contributed by atoms with van der Waals surface area (Å²) in [6.45, 7) is 4.51. The van der Waals surface area contributed by atoms with Crippen LogP contribution in [0, 0.1) is 17.8 Å². The number of benzene rings is 1. The SMILES string of the molecule is CC(C)C(=O)OCOC(=O)N(C(O)CCC1CCCC(C[P+](=O)O)C1)[C@H](C)c1ccc(Cl)c(Cl)c1. The van der Waals surface area contributed by atoms with Crippen molar-refractivity contribution in [3.8, 4) is 0 Å². The van der Waals surface area contributed by atoms with Gasteiger partial charge in [-0.1, -0.05) is 56.0 Å². The number of halogens is 2. The van der Waals surface area contributed by atoms with Crippen LogP contribution in [0.4, 0.5) is 4.79 Å². The summed E-state index contributed by atoms with van der Waals surface area (Å²) in [7, 11) is -2.16. The molecular formula is C24H35Cl2NO7P+. The van der Waals surface area contributed by atoms with Crippen LogP contribution in [0.2, 0.25) is 10.0 Å². The molecule has 1 aliphatic carbocycles. The van der Waals surface area contributed by atoms with Crippen LogP contribution >= 0.6 is 31.2 Å². The van der Waals surface area contributed by atoms with E-state index < -0.39 is 39.2 Å². The van der Waals surface area contributed by atoms with Gasteiger partial charge in [-0.15, -0.1) is 0 Å². The molecule has 1 fully saturated rings. The van der Waals surface area contributed by atoms with Crippen molar-refractivity contribution in [2.24, 2.45) is 17.8 Å². The molecule has 5 atom stereocenters. The van der Waals surface area contributed by atoms with Crippen molar-refractivity contribution in [1.29, 1.82) is 0 Å². The summed E-state index contributed by atoms with van der Waals surface area (Å²) in [5, 5.41) is 11.7. The van der Waals surface area contributed by atoms with Gasteiger partial charge in [-0.2, -0.15) is 4.89 Å². The van der Waals surface area contributed by atoms with E-state index in [1.807, 2.05) is 0 Å². The highest BCUT2D eigenvalue weighted by Gasteiger charge is 2.32. The van der Waals surface area contributed by atoms with Crippen LogP contribution in [0.1, 0.15) is 70.9 Å². The number of carbonyl (C=O) groups is 2. The van der Waals surface area contributed by atoms with E-state index in [0.717, 1.165) is 25.7 Å². The van der Waals surface area contributed by atoms with Gasteiger partial charge in [0.05, 0.1) is 22.0 Å². The van der Waals surface area contributed by atoms with Crippen LogP contribution in [0.5, 0.6) is 0 Å². The summed E-state index contributed by atoms with van der Waals surface area (Å²) in [5.41, 5.74) is 0.652. The third-order valence-corrected chi connectivity index (χ3v) is 7.94. The quantitative estimate of drug-likeness (QED) is 0.189. The Kier molecular flexibility index (Phi) is 12.2. The fourth-order valence-corrected chi connectivity index (χ4v) is 5.50. The third kappa shape index (κ3) is 9.51. The van der Waals surface area contributed by atoms with Crippen molar-refractivity contribution in [3.05, 3.63) is 33.8 Å². The molecule has 0 saturated heterocycles. The lowest BCUT2D eigenvalue weighted by Gasteiger charge is -2.34. The van der Waals surface area contributed by atoms with Gasteiger partial charge in [-0.05, 0) is 60.8 Å². The van der Waals surface area contributed by atoms with E-state index in [-0.39, 0.29) is 11.8 Å². The van der Waals surface area contributed by atoms with E-state index in [2.05, 4.69) is 0 Å². The Morgan fingerprint density at radius 2 is 1.83 bits per heavy atom. The van der Waals surface area contributed by atoms with Crippen molar-refractivity contribution in [1.82, 2.24) is 4.90 Å². The number of rotatable bonds is 11. The molecular weight excluding hydrogens is 516 g/mol. The molecule has 4 unspecified atom stereocenters. The number of ether oxygens (including phenoxy) is 2. The molecule has 1 saturated carbocycles. The molecule has 1 aromatic carbocycles. The molecule has 0 radical (unpaired) electrons. The number of aliphatic hydroxyl groups excluding tert-OH is 1. The number of esters is 1. The fraction of sp³-hybridized carbons (Fsp3) is 0.667. The molecule has 2 rings (SSSR count). The molecule has 0 aliphatic heterocycles. The minimum atomic E-state index is -2.16. The summed E-state index contributed by atoms with van der Waals surface area (Å²) in [5.74, 6) is -0.373. The molecule has 8 nitrogen and oxygen atoms in total. The summed E-state index contributed by atoms with van der Waals surface area (Å²) in [6, 6.07) is 4.35. The fourth-order valence-electron chi connectivity index (χ4n) is 4.42. The van der Waals surface area contributed by atoms with Gasteiger partial charge in [0.25, 0.3) is 0 Å². The van der Waals surface area contributed by atoms with E-state index in [4.69, 9.17) is 32.7 Å². The van der Waals surface area contributed by atoms with Crippen molar-refractivity contribution in [2.45, 2.75) is 71.6 Å². The van der Waals surface area contributed by atoms with Gasteiger partial charge < -0.3 is 14.6 Å². The van der Waals surface area contributed by atoms with E-state index in [1.165, 1.54) is 4.90 Å². The lowest BCUT2D eigenvalue weighted by Crippen LogP contribution is -2.43. The number of hydrogen-bond acceptors (Lipinski definition) is 6. The third-order valence-electron chi connectivity index (χ3n) is 6.37. The predicted molar refractivity (Wildman–Crippen MR) is 134 cm³/mol. The van der Waals surface area contributed by atoms with Crippen molar-refractivity contribution >= 4 is 43.3 Å². The number of carbonyl (C=O) groups excluding carboxylic acids is 2. The Hall–Kier alpha value is -1.44. The maximum absolute atomic E-state index is 13.0. The van der Waals surface area contributed by atoms with Crippen LogP contribution in [0.15, 0.2) is 18.2 Å². The minimum absolute atomic E-state index is 0.200. The average Bonchev–Trinajstić information content (AvgIpc) is 2.79. The molecule has 1 aromatic rings. The zero-order chi connectivity index (χ0) is 26.1. The summed E-state index contributed by atoms with van der Waals surface area (Å²) < 4.78 is 21.3. The Morgan fingerprint density at radius 3 is 2.46 bits per heavy atom. The monoisotopic (exact) mass is 550 g/mol. The molecule has 1 amide bonds. The Labute approximate surface area is 217 Å². The highest BCUT2D eigenvalue weighted by Crippen LogP contribution is 2.37. The molecule has 35 heavy (non-hydrogen) atoms. The Balaban J connectivity index is 2.09. The minimum Gasteiger partial charge on any atom is -0.428 e. The highest BCUT2D eigenvalue weighted by molar-refractivity contribution is 7.38. The first kappa shape index (κ1) is 29.8. The molecule has 1 aliphatic rings. The second kappa shape index (κ2) is 14.3. The van der Waals surface area contributed by atoms with Crippen LogP contribution in [0.25, 0.3) is 0 Å². The van der Waals surface area contributed by atoms with Gasteiger partial charge in [0.2, 0.25) is 6.79 Å². The molecule has 0 bridgehead atoms. The van der Waals surface area contributed by atoms with Crippen LogP contribution in [-0.4, -0.2) is 46.1 Å². The lowest BCUT2D eigenvalue weighted by atomic mass is 9.80. The van der Waals surface area contributed by atoms with Crippen LogP contribution in [0.3, 0.4) is 0 Å². The van der Waals surface area contributed by atoms with Gasteiger partial charge in [-0.25, -0.2) is 4.79 Å². The van der Waals surface area contributed by atoms with Crippen molar-refractivity contribution in [2.75, 3.05) is 13.0 Å². The summed E-state index contributed by atoms with van der Waals surface area (Å²) in [4.78, 5) is 35.1. The molecule has 196 valence electrons. The van der Waals surface area contributed by atoms with Gasteiger partial charge in [-0.3, -0.25) is 9.69 Å². The Bertz CT molecular complexity index is 885. The lowest BCUT2D eigenvalue weighted by molar-refractivity contribution is -0.157. The normalized spacial score (nSPS) is 20.2. The standard InChI is InChI=1S/C24H34Cl2NO7P/c1-15(2)23(29)33-14-34-24(30)27(16(3)19-8-9-20(25)21(26)12-19)22(28)10-7-17-5-4-6-18(11-17)13-35(31)32/h8-9,12,15-18,22,28H,4-7,10-11,13-14H2,1-3H3/p+1/t16-,17?,18?,22?/m1/s1. The zero-order valence-electron chi connectivity index (χ0n) is 20.4. The smallest absolute Gasteiger partial charge is 0.428 e. The van der Waals surface area contributed by atoms with Crippen LogP contribution < -0.4 is 0 Å². The van der Waals surface area contributed by atoms with Crippen LogP contribution in [-0.2, 0) is 18.8 Å². The van der Waals surface area contributed by atoms with Crippen molar-refractivity contribution < 1.29 is 33.6 Å². The average molecular weight is 551 g/mol. The number of nitrogens with zero attached hydrogens (tertiary/aromatic N) is 1. The molecule has 0 spiro atoms. The first-order valence-electron chi connectivity index (χ1n) is 11.9. The van der Waals surface area contributed by atoms with Crippen molar-refractivity contribution in [3.63, 3.8) is 0 Å². The number of aliphatic hydroxyl groups is 1. The summed E-state index contributed by atoms with van der Waals surface area (Å²) in [6.07, 6.45) is 2.97. The molecule has 0 aromatic heterocycles. The highest BCUT2D eigenvalue weighted by atomic mass is 35.5. The van der Waals surface area contributed by atoms with Gasteiger partial charge >= 0.3 is 20.1 Å². The van der Waals surface area contributed by atoms with Gasteiger partial charge in [0.1, 0.15) is 6.23 Å². The van der Waals surface area contributed by atoms with E-state index in [9.17, 15) is 24.2 Å². The van der Waals surface area contributed by atoms with Gasteiger partial charge in [0, 0.05) is 5.92 Å². The maximum atomic E-state index is 13.0. The second-order valence-corrected chi connectivity index (χ2v) is 11.3. The van der Waals surface area contributed by atoms with Gasteiger partial charge in [0.15, 0.2) is 6.16 Å². The zero-order valence-corrected chi connectivity index (χ0v) is 22.8. The second-order valence-electron chi connectivity index (χ2n) is 9.39. The predicted octanol–water partition coefficient (Wildman–Crippen LogP) is 6.29. The Morgan fingerprint density at radius 1 is 1.14 bits per heavy atom. The first-order valence-corrected chi connectivity index (χ1v) is 14.0. The van der Waals surface area contributed by atoms with E-state index >= 15 is 0 Å². The molecule has 11 heteroatoms. The van der Waals surface area contributed by atoms with E-state index in [1.54, 1.807) is 39.0 Å². The van der Waals surface area contributed by atoms with E-state index in [0.29, 0.717) is 40.5 Å². The molecule has 0 heterocycles. The number of hydrogen-bond donors (Lipinski definition) is 2. The first-order chi connectivity index (χ1) is 16.5. The largest absolute Gasteiger partial charge is 0.505 e. The topological polar surface area (TPSA) is 113 Å². The maximum Gasteiger partial charge on any atom is 0.505 e. The summed E-state index contributed by atoms with van der Waals surface area (Å²) >= 11 is 12.2. The molecule has 2 N–H and O–H groups in total.